The standard InChI is InChI=1S/C53H73N5O11/c1-28(2)27-57-23-19-53(20-24-57)55-40-37-38-44(60)34(8)47-39(37)48(62)52(10,69-47)67-25-18-36(66-11)32(6)46(68-51(65)35(9)50(64)58-21-13-12-14-22-58)33(7)43(59)31(5)26-29(3)16-15-17-30(4)49(63)54-42(45(38)61)41(40)56-53/h15-18,25,28-29,31-33,35-36,43,46,59-61H,12-14,19-24,26-27H2,1-11H3,(H,54,63)/b16-15+,25-18+,30-17-/t29-,31+,32+,33+,35?,36-,43+,46?,52-/m0/s1. The average Bonchev–Trinajstić information content (AvgIpc) is 3.82. The lowest BCUT2D eigenvalue weighted by atomic mass is 9.79. The van der Waals surface area contributed by atoms with Gasteiger partial charge in [0.25, 0.3) is 11.7 Å². The number of rotatable bonds is 6. The lowest BCUT2D eigenvalue weighted by molar-refractivity contribution is -0.170. The number of hydrogen-bond acceptors (Lipinski definition) is 14. The molecule has 0 radical (unpaired) electrons. The Morgan fingerprint density at radius 1 is 0.928 bits per heavy atom. The molecular weight excluding hydrogens is 883 g/mol. The van der Waals surface area contributed by atoms with E-state index in [1.165, 1.54) is 20.3 Å². The maximum Gasteiger partial charge on any atom is 0.318 e. The molecule has 2 aromatic carbocycles. The number of phenols is 2. The Kier molecular flexibility index (Phi) is 15.4. The molecule has 16 heteroatoms. The maximum absolute atomic E-state index is 14.9. The number of aromatic hydroxyl groups is 2. The molecule has 9 atom stereocenters. The van der Waals surface area contributed by atoms with E-state index in [-0.39, 0.29) is 67.5 Å². The first-order chi connectivity index (χ1) is 32.6. The minimum atomic E-state index is -1.98. The topological polar surface area (TPSA) is 209 Å². The van der Waals surface area contributed by atoms with Gasteiger partial charge in [-0.05, 0) is 70.3 Å². The van der Waals surface area contributed by atoms with Gasteiger partial charge in [-0.25, -0.2) is 0 Å². The number of aliphatic hydroxyl groups is 1. The molecule has 16 nitrogen and oxygen atoms in total. The molecule has 6 aliphatic heterocycles. The summed E-state index contributed by atoms with van der Waals surface area (Å²) in [6.45, 7) is 21.6. The zero-order valence-corrected chi connectivity index (χ0v) is 42.3. The summed E-state index contributed by atoms with van der Waals surface area (Å²) in [5, 5.41) is 39.5. The Balaban J connectivity index is 1.32. The Bertz CT molecular complexity index is 2560. The molecule has 2 aromatic rings. The van der Waals surface area contributed by atoms with Gasteiger partial charge in [-0.15, -0.1) is 0 Å². The van der Waals surface area contributed by atoms with Gasteiger partial charge in [0.15, 0.2) is 11.4 Å². The van der Waals surface area contributed by atoms with Crippen molar-refractivity contribution in [3.05, 3.63) is 58.0 Å². The molecule has 4 N–H and O–H groups in total. The van der Waals surface area contributed by atoms with Crippen LogP contribution in [0.4, 0.5) is 5.69 Å². The highest BCUT2D eigenvalue weighted by atomic mass is 16.7. The van der Waals surface area contributed by atoms with Crippen LogP contribution in [0.5, 0.6) is 17.2 Å². The van der Waals surface area contributed by atoms with Crippen molar-refractivity contribution in [1.29, 1.82) is 0 Å². The number of ether oxygens (including phenoxy) is 4. The van der Waals surface area contributed by atoms with Crippen molar-refractivity contribution < 1.29 is 53.4 Å². The predicted molar refractivity (Wildman–Crippen MR) is 260 cm³/mol. The second-order valence-electron chi connectivity index (χ2n) is 20.9. The fraction of sp³-hybridized carbons (Fsp3) is 0.623. The maximum atomic E-state index is 14.9. The molecule has 0 saturated carbocycles. The number of nitrogens with one attached hydrogen (secondary N) is 1. The highest BCUT2D eigenvalue weighted by molar-refractivity contribution is 6.19. The number of phenolic OH excluding ortho intramolecular Hbond substituents is 2. The van der Waals surface area contributed by atoms with Crippen LogP contribution in [-0.4, -0.2) is 118 Å². The third-order valence-corrected chi connectivity index (χ3v) is 15.0. The van der Waals surface area contributed by atoms with Gasteiger partial charge in [0, 0.05) is 88.0 Å². The van der Waals surface area contributed by atoms with Gasteiger partial charge in [-0.1, -0.05) is 59.8 Å². The molecular formula is C53H73N5O11. The van der Waals surface area contributed by atoms with E-state index in [1.54, 1.807) is 43.9 Å². The summed E-state index contributed by atoms with van der Waals surface area (Å²) in [5.74, 6) is -7.11. The number of ketones is 1. The third kappa shape index (κ3) is 10.2. The normalized spacial score (nSPS) is 30.9. The number of carbonyl (C=O) groups is 4. The van der Waals surface area contributed by atoms with E-state index in [1.807, 2.05) is 33.8 Å². The summed E-state index contributed by atoms with van der Waals surface area (Å²) in [4.78, 5) is 70.8. The average molecular weight is 956 g/mol. The van der Waals surface area contributed by atoms with E-state index in [4.69, 9.17) is 28.9 Å². The molecule has 2 saturated heterocycles. The summed E-state index contributed by atoms with van der Waals surface area (Å²) >= 11 is 0. The van der Waals surface area contributed by atoms with Crippen LogP contribution in [0.2, 0.25) is 0 Å². The molecule has 6 heterocycles. The van der Waals surface area contributed by atoms with Gasteiger partial charge in [-0.2, -0.15) is 0 Å². The highest BCUT2D eigenvalue weighted by Gasteiger charge is 2.50. The van der Waals surface area contributed by atoms with Crippen LogP contribution < -0.4 is 20.8 Å². The quantitative estimate of drug-likeness (QED) is 0.141. The van der Waals surface area contributed by atoms with Crippen molar-refractivity contribution in [1.82, 2.24) is 9.80 Å². The number of aliphatic hydroxyl groups excluding tert-OH is 1. The van der Waals surface area contributed by atoms with Crippen molar-refractivity contribution in [3.8, 4) is 17.2 Å². The Morgan fingerprint density at radius 3 is 2.25 bits per heavy atom. The number of anilines is 1. The molecule has 2 amide bonds. The van der Waals surface area contributed by atoms with Crippen molar-refractivity contribution in [3.63, 3.8) is 0 Å². The summed E-state index contributed by atoms with van der Waals surface area (Å²) in [7, 11) is 1.49. The number of Topliss-reactive ketones (excluding diaryl/α,β-unsaturated/α-hetero) is 1. The molecule has 8 rings (SSSR count). The molecule has 0 aromatic heterocycles. The molecule has 0 aliphatic carbocycles. The molecule has 6 aliphatic rings. The molecule has 5 bridgehead atoms. The van der Waals surface area contributed by atoms with Crippen LogP contribution >= 0.6 is 0 Å². The van der Waals surface area contributed by atoms with Gasteiger partial charge in [0.2, 0.25) is 5.91 Å². The zero-order chi connectivity index (χ0) is 50.3. The number of methoxy groups -OCH3 is 1. The fourth-order valence-corrected chi connectivity index (χ4v) is 10.8. The number of nitrogens with zero attached hydrogens (tertiary/aromatic N) is 4. The summed E-state index contributed by atoms with van der Waals surface area (Å²) in [6, 6.07) is 0. The molecule has 69 heavy (non-hydrogen) atoms. The highest BCUT2D eigenvalue weighted by Crippen LogP contribution is 2.50. The monoisotopic (exact) mass is 956 g/mol. The minimum Gasteiger partial charge on any atom is -0.507 e. The van der Waals surface area contributed by atoms with Crippen LogP contribution in [0, 0.1) is 42.4 Å². The lowest BCUT2D eigenvalue weighted by Crippen LogP contribution is -2.47. The number of carbonyl (C=O) groups excluding carboxylic acids is 4. The summed E-state index contributed by atoms with van der Waals surface area (Å²) < 4.78 is 24.8. The van der Waals surface area contributed by atoms with Crippen LogP contribution in [0.1, 0.15) is 117 Å². The second-order valence-corrected chi connectivity index (χ2v) is 20.9. The number of allylic oxidation sites excluding steroid dienone is 3. The van der Waals surface area contributed by atoms with E-state index in [0.29, 0.717) is 56.9 Å². The number of likely N-dealkylation sites (tertiary alicyclic amines) is 2. The first-order valence-electron chi connectivity index (χ1n) is 24.8. The second kappa shape index (κ2) is 20.6. The Labute approximate surface area is 405 Å². The van der Waals surface area contributed by atoms with E-state index in [0.717, 1.165) is 25.8 Å². The molecule has 376 valence electrons. The fourth-order valence-electron chi connectivity index (χ4n) is 10.8. The van der Waals surface area contributed by atoms with E-state index in [2.05, 4.69) is 24.1 Å². The predicted octanol–water partition coefficient (Wildman–Crippen LogP) is 6.41. The van der Waals surface area contributed by atoms with Crippen LogP contribution in [0.3, 0.4) is 0 Å². The Morgan fingerprint density at radius 2 is 1.59 bits per heavy atom. The third-order valence-electron chi connectivity index (χ3n) is 15.0. The van der Waals surface area contributed by atoms with Crippen molar-refractivity contribution in [2.24, 2.45) is 45.5 Å². The van der Waals surface area contributed by atoms with Crippen LogP contribution in [-0.2, 0) is 28.6 Å². The van der Waals surface area contributed by atoms with Crippen molar-refractivity contribution >= 4 is 40.0 Å². The number of piperidine rings is 2. The number of esters is 1. The van der Waals surface area contributed by atoms with Gasteiger partial charge in [0.1, 0.15) is 34.6 Å². The largest absolute Gasteiger partial charge is 0.507 e. The van der Waals surface area contributed by atoms with E-state index >= 15 is 0 Å². The minimum absolute atomic E-state index is 0.0288. The SMILES string of the molecule is CO[C@H]1/C=C/O[C@@]2(C)Oc3c(C)c(O)c4c(O)c(c5c(c4c3C2=O)=NC2(CCN(CC(C)C)CC2)N=5)NC(=O)/C(C)=C\C=C\[C@H](C)C[C@@H](C)[C@@H](O)[C@@H](C)C(OC(=O)C(C)C(=O)N2CCCCC2)[C@@H]1C. The van der Waals surface area contributed by atoms with E-state index < -0.39 is 70.9 Å². The van der Waals surface area contributed by atoms with Crippen molar-refractivity contribution in [2.75, 3.05) is 45.2 Å². The van der Waals surface area contributed by atoms with E-state index in [9.17, 15) is 34.5 Å². The summed E-state index contributed by atoms with van der Waals surface area (Å²) in [6.07, 6.45) is 9.94. The number of fused-ring (bicyclic) bond motifs is 13. The lowest BCUT2D eigenvalue weighted by Gasteiger charge is -2.37. The van der Waals surface area contributed by atoms with Crippen LogP contribution in [0.15, 0.2) is 46.1 Å². The molecule has 2 unspecified atom stereocenters. The number of amides is 2. The summed E-state index contributed by atoms with van der Waals surface area (Å²) in [5.41, 5.74) is -0.479. The molecule has 2 fully saturated rings. The van der Waals surface area contributed by atoms with Gasteiger partial charge < -0.3 is 49.4 Å². The molecule has 1 spiro atoms. The number of hydrogen-bond donors (Lipinski definition) is 4. The van der Waals surface area contributed by atoms with Gasteiger partial charge in [-0.3, -0.25) is 29.2 Å². The Hall–Kier alpha value is -5.32. The van der Waals surface area contributed by atoms with Gasteiger partial charge >= 0.3 is 11.8 Å². The van der Waals surface area contributed by atoms with Gasteiger partial charge in [0.05, 0.1) is 34.8 Å². The smallest absolute Gasteiger partial charge is 0.318 e. The van der Waals surface area contributed by atoms with Crippen LogP contribution in [0.25, 0.3) is 10.8 Å². The zero-order valence-electron chi connectivity index (χ0n) is 42.3. The van der Waals surface area contributed by atoms with Crippen molar-refractivity contribution in [2.45, 2.75) is 138 Å². The number of benzene rings is 2. The first kappa shape index (κ1) is 51.5. The first-order valence-corrected chi connectivity index (χ1v) is 24.8.